The highest BCUT2D eigenvalue weighted by Crippen LogP contribution is 2.01. The summed E-state index contributed by atoms with van der Waals surface area (Å²) in [7, 11) is 0. The molecule has 1 rings (SSSR count). The van der Waals surface area contributed by atoms with E-state index in [2.05, 4.69) is 9.73 Å². The summed E-state index contributed by atoms with van der Waals surface area (Å²) in [5, 5.41) is 0. The Bertz CT molecular complexity index is 167. The second-order valence-electron chi connectivity index (χ2n) is 1.97. The lowest BCUT2D eigenvalue weighted by Crippen LogP contribution is -1.98. The van der Waals surface area contributed by atoms with E-state index in [9.17, 15) is 9.18 Å². The van der Waals surface area contributed by atoms with Crippen molar-refractivity contribution in [3.63, 3.8) is 0 Å². The molecule has 0 spiro atoms. The van der Waals surface area contributed by atoms with E-state index in [1.807, 2.05) is 0 Å². The number of alkyl halides is 1. The van der Waals surface area contributed by atoms with Gasteiger partial charge in [0.2, 0.25) is 0 Å². The monoisotopic (exact) mass is 145 g/mol. The van der Waals surface area contributed by atoms with Crippen molar-refractivity contribution >= 4 is 11.7 Å². The van der Waals surface area contributed by atoms with Crippen LogP contribution in [-0.4, -0.2) is 31.5 Å². The van der Waals surface area contributed by atoms with Crippen molar-refractivity contribution in [3.05, 3.63) is 0 Å². The largest absolute Gasteiger partial charge is 0.459 e. The predicted octanol–water partition coefficient (Wildman–Crippen LogP) is 0.344. The fraction of sp³-hybridized carbons (Fsp3) is 0.667. The lowest BCUT2D eigenvalue weighted by atomic mass is 10.3. The molecular weight excluding hydrogens is 137 g/mol. The Morgan fingerprint density at radius 3 is 3.00 bits per heavy atom. The van der Waals surface area contributed by atoms with Crippen molar-refractivity contribution in [3.8, 4) is 0 Å². The number of ether oxygens (including phenoxy) is 1. The molecule has 1 fully saturated rings. The highest BCUT2D eigenvalue weighted by atomic mass is 19.1. The van der Waals surface area contributed by atoms with Crippen LogP contribution in [-0.2, 0) is 9.53 Å². The van der Waals surface area contributed by atoms with E-state index in [0.29, 0.717) is 5.71 Å². The zero-order valence-electron chi connectivity index (χ0n) is 5.47. The first-order chi connectivity index (χ1) is 4.83. The van der Waals surface area contributed by atoms with Gasteiger partial charge >= 0.3 is 5.97 Å². The van der Waals surface area contributed by atoms with Gasteiger partial charge in [0.15, 0.2) is 0 Å². The summed E-state index contributed by atoms with van der Waals surface area (Å²) in [6.07, 6.45) is 0.236. The van der Waals surface area contributed by atoms with Crippen molar-refractivity contribution in [2.24, 2.45) is 4.99 Å². The normalized spacial score (nSPS) is 21.7. The van der Waals surface area contributed by atoms with E-state index in [1.165, 1.54) is 0 Å². The minimum absolute atomic E-state index is 0.145. The summed E-state index contributed by atoms with van der Waals surface area (Å²) < 4.78 is 16.1. The number of aliphatic imine (C=N–C) groups is 1. The molecule has 4 heteroatoms. The van der Waals surface area contributed by atoms with E-state index in [4.69, 9.17) is 0 Å². The predicted molar refractivity (Wildman–Crippen MR) is 33.9 cm³/mol. The van der Waals surface area contributed by atoms with Crippen LogP contribution < -0.4 is 0 Å². The van der Waals surface area contributed by atoms with Gasteiger partial charge in [-0.1, -0.05) is 0 Å². The summed E-state index contributed by atoms with van der Waals surface area (Å²) in [5.74, 6) is -0.266. The van der Waals surface area contributed by atoms with E-state index in [-0.39, 0.29) is 25.5 Å². The number of nitrogens with zero attached hydrogens (tertiary/aromatic N) is 1. The van der Waals surface area contributed by atoms with Gasteiger partial charge in [-0.3, -0.25) is 9.79 Å². The van der Waals surface area contributed by atoms with Gasteiger partial charge in [-0.15, -0.1) is 0 Å². The third-order valence-corrected chi connectivity index (χ3v) is 1.17. The topological polar surface area (TPSA) is 38.7 Å². The fourth-order valence-electron chi connectivity index (χ4n) is 0.734. The molecule has 0 aromatic rings. The van der Waals surface area contributed by atoms with E-state index in [0.717, 1.165) is 0 Å². The molecule has 1 saturated heterocycles. The molecule has 0 aromatic heterocycles. The summed E-state index contributed by atoms with van der Waals surface area (Å²) in [6, 6.07) is 0. The standard InChI is InChI=1S/C6H8FNO2/c7-1-2-8-5-3-6(9)10-4-5/h1-4H2. The van der Waals surface area contributed by atoms with Gasteiger partial charge in [0.1, 0.15) is 13.3 Å². The fourth-order valence-corrected chi connectivity index (χ4v) is 0.734. The Morgan fingerprint density at radius 1 is 1.70 bits per heavy atom. The molecule has 0 aliphatic carbocycles. The third kappa shape index (κ3) is 1.79. The first-order valence-corrected chi connectivity index (χ1v) is 3.06. The van der Waals surface area contributed by atoms with Gasteiger partial charge in [0.05, 0.1) is 18.7 Å². The zero-order chi connectivity index (χ0) is 7.40. The lowest BCUT2D eigenvalue weighted by Gasteiger charge is -1.87. The molecule has 0 saturated carbocycles. The molecule has 1 aliphatic rings. The molecule has 0 amide bonds. The number of rotatable bonds is 2. The zero-order valence-corrected chi connectivity index (χ0v) is 5.47. The Labute approximate surface area is 57.9 Å². The van der Waals surface area contributed by atoms with E-state index >= 15 is 0 Å². The van der Waals surface area contributed by atoms with Crippen LogP contribution in [0.2, 0.25) is 0 Å². The number of halogens is 1. The first kappa shape index (κ1) is 7.18. The minimum atomic E-state index is -0.475. The van der Waals surface area contributed by atoms with Crippen LogP contribution in [0.15, 0.2) is 4.99 Å². The average Bonchev–Trinajstić information content (AvgIpc) is 2.31. The maximum atomic E-state index is 11.5. The highest BCUT2D eigenvalue weighted by Gasteiger charge is 2.17. The average molecular weight is 145 g/mol. The van der Waals surface area contributed by atoms with Crippen LogP contribution in [0.1, 0.15) is 6.42 Å². The molecule has 10 heavy (non-hydrogen) atoms. The number of carbonyl (C=O) groups is 1. The minimum Gasteiger partial charge on any atom is -0.459 e. The molecule has 0 radical (unpaired) electrons. The number of cyclic esters (lactones) is 1. The van der Waals surface area contributed by atoms with Crippen LogP contribution in [0.3, 0.4) is 0 Å². The molecule has 1 aliphatic heterocycles. The highest BCUT2D eigenvalue weighted by molar-refractivity contribution is 6.04. The summed E-state index contributed by atoms with van der Waals surface area (Å²) in [5.41, 5.74) is 0.655. The Hall–Kier alpha value is -0.930. The first-order valence-electron chi connectivity index (χ1n) is 3.06. The van der Waals surface area contributed by atoms with Crippen molar-refractivity contribution in [2.45, 2.75) is 6.42 Å². The second-order valence-corrected chi connectivity index (χ2v) is 1.97. The maximum absolute atomic E-state index is 11.5. The maximum Gasteiger partial charge on any atom is 0.312 e. The van der Waals surface area contributed by atoms with Gasteiger partial charge in [-0.2, -0.15) is 0 Å². The van der Waals surface area contributed by atoms with E-state index in [1.54, 1.807) is 0 Å². The van der Waals surface area contributed by atoms with Crippen LogP contribution in [0.5, 0.6) is 0 Å². The Morgan fingerprint density at radius 2 is 2.50 bits per heavy atom. The molecule has 0 aromatic carbocycles. The summed E-state index contributed by atoms with van der Waals surface area (Å²) in [4.78, 5) is 14.2. The smallest absolute Gasteiger partial charge is 0.312 e. The Kier molecular flexibility index (Phi) is 2.36. The molecule has 0 unspecified atom stereocenters. The van der Waals surface area contributed by atoms with Crippen LogP contribution in [0.25, 0.3) is 0 Å². The van der Waals surface area contributed by atoms with Gasteiger partial charge in [0, 0.05) is 0 Å². The second kappa shape index (κ2) is 3.29. The molecule has 0 N–H and O–H groups in total. The molecule has 0 bridgehead atoms. The third-order valence-electron chi connectivity index (χ3n) is 1.17. The van der Waals surface area contributed by atoms with E-state index < -0.39 is 6.67 Å². The number of hydrogen-bond acceptors (Lipinski definition) is 3. The van der Waals surface area contributed by atoms with Crippen LogP contribution >= 0.6 is 0 Å². The van der Waals surface area contributed by atoms with Crippen LogP contribution in [0, 0.1) is 0 Å². The quantitative estimate of drug-likeness (QED) is 0.525. The van der Waals surface area contributed by atoms with Crippen molar-refractivity contribution in [1.82, 2.24) is 0 Å². The summed E-state index contributed by atoms with van der Waals surface area (Å²) >= 11 is 0. The molecule has 1 heterocycles. The molecule has 56 valence electrons. The number of carbonyl (C=O) groups excluding carboxylic acids is 1. The van der Waals surface area contributed by atoms with Crippen molar-refractivity contribution in [1.29, 1.82) is 0 Å². The summed E-state index contributed by atoms with van der Waals surface area (Å²) in [6.45, 7) is -0.0809. The van der Waals surface area contributed by atoms with Crippen molar-refractivity contribution < 1.29 is 13.9 Å². The SMILES string of the molecule is O=C1CC(=NCCF)CO1. The van der Waals surface area contributed by atoms with Crippen molar-refractivity contribution in [2.75, 3.05) is 19.8 Å². The molecular formula is C6H8FNO2. The van der Waals surface area contributed by atoms with Gasteiger partial charge in [-0.25, -0.2) is 4.39 Å². The van der Waals surface area contributed by atoms with Gasteiger partial charge in [-0.05, 0) is 0 Å². The lowest BCUT2D eigenvalue weighted by molar-refractivity contribution is -0.137. The number of hydrogen-bond donors (Lipinski definition) is 0. The van der Waals surface area contributed by atoms with Gasteiger partial charge in [0.25, 0.3) is 0 Å². The number of esters is 1. The molecule has 3 nitrogen and oxygen atoms in total. The Balaban J connectivity index is 2.36. The van der Waals surface area contributed by atoms with Gasteiger partial charge < -0.3 is 4.74 Å². The molecule has 0 atom stereocenters. The van der Waals surface area contributed by atoms with Crippen LogP contribution in [0.4, 0.5) is 4.39 Å².